The van der Waals surface area contributed by atoms with Gasteiger partial charge in [0, 0.05) is 18.1 Å². The number of nitrogens with zero attached hydrogens (tertiary/aromatic N) is 1. The molecule has 0 radical (unpaired) electrons. The molecule has 1 fully saturated rings. The van der Waals surface area contributed by atoms with Gasteiger partial charge in [0.1, 0.15) is 5.75 Å². The third kappa shape index (κ3) is 5.89. The molecule has 2 aromatic carbocycles. The molecule has 2 aromatic rings. The Bertz CT molecular complexity index is 938. The van der Waals surface area contributed by atoms with Crippen molar-refractivity contribution < 1.29 is 17.9 Å². The van der Waals surface area contributed by atoms with Gasteiger partial charge in [0.25, 0.3) is 15.9 Å². The second-order valence-corrected chi connectivity index (χ2v) is 9.87. The van der Waals surface area contributed by atoms with E-state index in [2.05, 4.69) is 5.32 Å². The van der Waals surface area contributed by atoms with E-state index in [0.29, 0.717) is 16.5 Å². The van der Waals surface area contributed by atoms with E-state index in [1.54, 1.807) is 36.4 Å². The maximum atomic E-state index is 12.8. The monoisotopic (exact) mass is 450 g/mol. The van der Waals surface area contributed by atoms with Crippen molar-refractivity contribution >= 4 is 33.2 Å². The summed E-state index contributed by atoms with van der Waals surface area (Å²) < 4.78 is 32.3. The minimum Gasteiger partial charge on any atom is -0.484 e. The zero-order valence-corrected chi connectivity index (χ0v) is 18.6. The van der Waals surface area contributed by atoms with Gasteiger partial charge in [0.05, 0.1) is 10.6 Å². The van der Waals surface area contributed by atoms with E-state index in [-0.39, 0.29) is 23.5 Å². The van der Waals surface area contributed by atoms with E-state index < -0.39 is 10.0 Å². The molecule has 6 nitrogen and oxygen atoms in total. The number of rotatable bonds is 7. The maximum Gasteiger partial charge on any atom is 0.264 e. The summed E-state index contributed by atoms with van der Waals surface area (Å²) in [6.45, 7) is -0.0608. The lowest BCUT2D eigenvalue weighted by Gasteiger charge is -2.20. The summed E-state index contributed by atoms with van der Waals surface area (Å²) in [5, 5.41) is 3.51. The van der Waals surface area contributed by atoms with Gasteiger partial charge in [0.15, 0.2) is 6.61 Å². The number of nitrogens with one attached hydrogen (secondary N) is 1. The summed E-state index contributed by atoms with van der Waals surface area (Å²) in [5.41, 5.74) is 0.486. The van der Waals surface area contributed by atoms with Gasteiger partial charge in [0.2, 0.25) is 0 Å². The van der Waals surface area contributed by atoms with Crippen molar-refractivity contribution in [1.82, 2.24) is 5.32 Å². The molecular weight excluding hydrogens is 424 g/mol. The molecule has 8 heteroatoms. The first-order valence-corrected chi connectivity index (χ1v) is 11.9. The quantitative estimate of drug-likeness (QED) is 0.635. The lowest BCUT2D eigenvalue weighted by molar-refractivity contribution is -0.123. The fourth-order valence-corrected chi connectivity index (χ4v) is 4.82. The number of carbonyl (C=O) groups is 1. The summed E-state index contributed by atoms with van der Waals surface area (Å²) in [6.07, 6.45) is 6.82. The van der Waals surface area contributed by atoms with Gasteiger partial charge in [-0.25, -0.2) is 8.42 Å². The molecule has 1 amide bonds. The highest BCUT2D eigenvalue weighted by molar-refractivity contribution is 7.92. The average molecular weight is 451 g/mol. The van der Waals surface area contributed by atoms with E-state index in [1.807, 2.05) is 0 Å². The summed E-state index contributed by atoms with van der Waals surface area (Å²) in [5.74, 6) is 0.375. The first kappa shape index (κ1) is 22.4. The standard InChI is InChI=1S/C22H27ClN2O4S/c1-25(30(27,28)21-14-8-17(23)9-15-21)19-10-12-20(13-11-19)29-16-22(26)24-18-6-4-2-3-5-7-18/h8-15,18H,2-7,16H2,1H3,(H,24,26). The third-order valence-electron chi connectivity index (χ3n) is 5.26. The lowest BCUT2D eigenvalue weighted by atomic mass is 10.1. The second-order valence-electron chi connectivity index (χ2n) is 7.47. The Hall–Kier alpha value is -2.25. The van der Waals surface area contributed by atoms with Crippen LogP contribution in [0.2, 0.25) is 5.02 Å². The molecular formula is C22H27ClN2O4S. The molecule has 0 bridgehead atoms. The van der Waals surface area contributed by atoms with Crippen LogP contribution in [0, 0.1) is 0 Å². The van der Waals surface area contributed by atoms with Crippen LogP contribution in [0.25, 0.3) is 0 Å². The smallest absolute Gasteiger partial charge is 0.264 e. The molecule has 1 aliphatic rings. The minimum atomic E-state index is -3.70. The van der Waals surface area contributed by atoms with E-state index >= 15 is 0 Å². The van der Waals surface area contributed by atoms with Gasteiger partial charge in [-0.3, -0.25) is 9.10 Å². The maximum absolute atomic E-state index is 12.8. The molecule has 0 aliphatic heterocycles. The van der Waals surface area contributed by atoms with Crippen molar-refractivity contribution in [1.29, 1.82) is 0 Å². The van der Waals surface area contributed by atoms with Gasteiger partial charge in [-0.15, -0.1) is 0 Å². The van der Waals surface area contributed by atoms with Gasteiger partial charge in [-0.1, -0.05) is 37.3 Å². The number of carbonyl (C=O) groups excluding carboxylic acids is 1. The van der Waals surface area contributed by atoms with Crippen molar-refractivity contribution in [3.63, 3.8) is 0 Å². The van der Waals surface area contributed by atoms with Crippen molar-refractivity contribution in [3.8, 4) is 5.75 Å². The van der Waals surface area contributed by atoms with Crippen LogP contribution in [-0.2, 0) is 14.8 Å². The van der Waals surface area contributed by atoms with Crippen LogP contribution in [-0.4, -0.2) is 34.0 Å². The molecule has 0 heterocycles. The number of halogens is 1. The third-order valence-corrected chi connectivity index (χ3v) is 7.31. The zero-order chi connectivity index (χ0) is 21.6. The summed E-state index contributed by atoms with van der Waals surface area (Å²) in [4.78, 5) is 12.3. The summed E-state index contributed by atoms with van der Waals surface area (Å²) in [7, 11) is -2.21. The van der Waals surface area contributed by atoms with E-state index in [4.69, 9.17) is 16.3 Å². The van der Waals surface area contributed by atoms with Crippen molar-refractivity contribution in [2.45, 2.75) is 49.5 Å². The molecule has 0 unspecified atom stereocenters. The number of amides is 1. The van der Waals surface area contributed by atoms with Crippen LogP contribution in [0.4, 0.5) is 5.69 Å². The first-order valence-electron chi connectivity index (χ1n) is 10.1. The van der Waals surface area contributed by atoms with Gasteiger partial charge < -0.3 is 10.1 Å². The fraction of sp³-hybridized carbons (Fsp3) is 0.409. The predicted molar refractivity (Wildman–Crippen MR) is 119 cm³/mol. The molecule has 0 saturated heterocycles. The highest BCUT2D eigenvalue weighted by atomic mass is 35.5. The molecule has 1 aliphatic carbocycles. The van der Waals surface area contributed by atoms with Crippen molar-refractivity contribution in [2.24, 2.45) is 0 Å². The zero-order valence-electron chi connectivity index (χ0n) is 17.0. The van der Waals surface area contributed by atoms with Crippen LogP contribution in [0.5, 0.6) is 5.75 Å². The molecule has 162 valence electrons. The molecule has 1 saturated carbocycles. The van der Waals surface area contributed by atoms with Gasteiger partial charge in [-0.05, 0) is 61.4 Å². The van der Waals surface area contributed by atoms with Crippen molar-refractivity contribution in [2.75, 3.05) is 18.0 Å². The molecule has 0 atom stereocenters. The van der Waals surface area contributed by atoms with E-state index in [1.165, 1.54) is 36.3 Å². The SMILES string of the molecule is CN(c1ccc(OCC(=O)NC2CCCCCC2)cc1)S(=O)(=O)c1ccc(Cl)cc1. The number of benzene rings is 2. The Morgan fingerprint density at radius 2 is 1.63 bits per heavy atom. The molecule has 0 spiro atoms. The first-order chi connectivity index (χ1) is 14.4. The van der Waals surface area contributed by atoms with Crippen LogP contribution < -0.4 is 14.4 Å². The fourth-order valence-electron chi connectivity index (χ4n) is 3.50. The Balaban J connectivity index is 1.56. The molecule has 3 rings (SSSR count). The van der Waals surface area contributed by atoms with Crippen LogP contribution in [0.3, 0.4) is 0 Å². The Morgan fingerprint density at radius 1 is 1.03 bits per heavy atom. The average Bonchev–Trinajstić information content (AvgIpc) is 3.01. The number of hydrogen-bond acceptors (Lipinski definition) is 4. The number of ether oxygens (including phenoxy) is 1. The van der Waals surface area contributed by atoms with Gasteiger partial charge in [-0.2, -0.15) is 0 Å². The van der Waals surface area contributed by atoms with Crippen molar-refractivity contribution in [3.05, 3.63) is 53.6 Å². The van der Waals surface area contributed by atoms with Gasteiger partial charge >= 0.3 is 0 Å². The highest BCUT2D eigenvalue weighted by Gasteiger charge is 2.21. The Kier molecular flexibility index (Phi) is 7.61. The minimum absolute atomic E-state index is 0.0608. The molecule has 1 N–H and O–H groups in total. The lowest BCUT2D eigenvalue weighted by Crippen LogP contribution is -2.37. The van der Waals surface area contributed by atoms with E-state index in [0.717, 1.165) is 25.7 Å². The van der Waals surface area contributed by atoms with Crippen LogP contribution in [0.15, 0.2) is 53.4 Å². The predicted octanol–water partition coefficient (Wildman–Crippen LogP) is 4.38. The molecule has 30 heavy (non-hydrogen) atoms. The second kappa shape index (κ2) is 10.2. The Morgan fingerprint density at radius 3 is 2.23 bits per heavy atom. The number of anilines is 1. The highest BCUT2D eigenvalue weighted by Crippen LogP contribution is 2.25. The largest absolute Gasteiger partial charge is 0.484 e. The Labute approximate surface area is 183 Å². The molecule has 0 aromatic heterocycles. The number of hydrogen-bond donors (Lipinski definition) is 1. The normalized spacial score (nSPS) is 15.3. The van der Waals surface area contributed by atoms with E-state index in [9.17, 15) is 13.2 Å². The van der Waals surface area contributed by atoms with Crippen LogP contribution >= 0.6 is 11.6 Å². The summed E-state index contributed by atoms with van der Waals surface area (Å²) in [6, 6.07) is 12.9. The topological polar surface area (TPSA) is 75.7 Å². The van der Waals surface area contributed by atoms with Crippen LogP contribution in [0.1, 0.15) is 38.5 Å². The summed E-state index contributed by atoms with van der Waals surface area (Å²) >= 11 is 5.84. The number of sulfonamides is 1.